The zero-order valence-corrected chi connectivity index (χ0v) is 10.3. The molecule has 2 rings (SSSR count). The first-order valence-electron chi connectivity index (χ1n) is 5.31. The van der Waals surface area contributed by atoms with Crippen LogP contribution in [0.3, 0.4) is 0 Å². The zero-order valence-electron chi connectivity index (χ0n) is 10.3. The highest BCUT2D eigenvalue weighted by molar-refractivity contribution is 5.75. The van der Waals surface area contributed by atoms with Gasteiger partial charge in [-0.1, -0.05) is 0 Å². The Morgan fingerprint density at radius 2 is 1.78 bits per heavy atom. The Morgan fingerprint density at radius 3 is 2.28 bits per heavy atom. The second kappa shape index (κ2) is 4.48. The Labute approximate surface area is 103 Å². The Morgan fingerprint density at radius 1 is 1.11 bits per heavy atom. The number of aromatic amines is 2. The van der Waals surface area contributed by atoms with Crippen molar-refractivity contribution in [3.05, 3.63) is 28.0 Å². The molecule has 1 aromatic carbocycles. The van der Waals surface area contributed by atoms with Gasteiger partial charge >= 0.3 is 0 Å². The van der Waals surface area contributed by atoms with Crippen molar-refractivity contribution in [2.45, 2.75) is 6.92 Å². The minimum absolute atomic E-state index is 0.130. The van der Waals surface area contributed by atoms with Crippen LogP contribution in [0, 0.1) is 6.92 Å². The molecule has 0 aliphatic carbocycles. The summed E-state index contributed by atoms with van der Waals surface area (Å²) in [4.78, 5) is 11.6. The summed E-state index contributed by atoms with van der Waals surface area (Å²) >= 11 is 0. The molecule has 0 unspecified atom stereocenters. The Kier molecular flexibility index (Phi) is 3.01. The van der Waals surface area contributed by atoms with Gasteiger partial charge in [0, 0.05) is 5.56 Å². The van der Waals surface area contributed by atoms with Gasteiger partial charge in [0.1, 0.15) is 17.1 Å². The quantitative estimate of drug-likeness (QED) is 0.768. The summed E-state index contributed by atoms with van der Waals surface area (Å²) in [5.41, 5.74) is 1.06. The lowest BCUT2D eigenvalue weighted by Gasteiger charge is -2.11. The van der Waals surface area contributed by atoms with Crippen molar-refractivity contribution >= 4 is 0 Å². The highest BCUT2D eigenvalue weighted by Crippen LogP contribution is 2.37. The largest absolute Gasteiger partial charge is 0.496 e. The molecule has 18 heavy (non-hydrogen) atoms. The molecule has 96 valence electrons. The van der Waals surface area contributed by atoms with Gasteiger partial charge < -0.3 is 14.6 Å². The molecule has 1 heterocycles. The van der Waals surface area contributed by atoms with Gasteiger partial charge in [0.05, 0.1) is 14.2 Å². The van der Waals surface area contributed by atoms with Gasteiger partial charge in [0.15, 0.2) is 0 Å². The van der Waals surface area contributed by atoms with E-state index in [1.807, 2.05) is 6.92 Å². The maximum atomic E-state index is 11.6. The normalized spacial score (nSPS) is 10.4. The monoisotopic (exact) mass is 250 g/mol. The SMILES string of the molecule is COc1cc(-c2c(O)[nH][nH]c2=O)c(OC)cc1C. The van der Waals surface area contributed by atoms with Gasteiger partial charge in [-0.05, 0) is 24.6 Å². The van der Waals surface area contributed by atoms with Crippen LogP contribution in [-0.2, 0) is 0 Å². The standard InChI is InChI=1S/C12H14N2O4/c1-6-4-9(18-3)7(5-8(6)17-2)10-11(15)13-14-12(10)16/h4-5H,1-3H3,(H3,13,14,15,16). The lowest BCUT2D eigenvalue weighted by atomic mass is 10.0. The van der Waals surface area contributed by atoms with Crippen molar-refractivity contribution in [1.29, 1.82) is 0 Å². The van der Waals surface area contributed by atoms with E-state index < -0.39 is 5.56 Å². The summed E-state index contributed by atoms with van der Waals surface area (Å²) in [5.74, 6) is 0.878. The number of aryl methyl sites for hydroxylation is 1. The third-order valence-corrected chi connectivity index (χ3v) is 2.74. The fourth-order valence-electron chi connectivity index (χ4n) is 1.84. The van der Waals surface area contributed by atoms with Crippen molar-refractivity contribution in [3.8, 4) is 28.5 Å². The third-order valence-electron chi connectivity index (χ3n) is 2.74. The summed E-state index contributed by atoms with van der Waals surface area (Å²) in [7, 11) is 3.04. The number of hydrogen-bond acceptors (Lipinski definition) is 4. The van der Waals surface area contributed by atoms with Gasteiger partial charge in [-0.2, -0.15) is 0 Å². The van der Waals surface area contributed by atoms with Crippen molar-refractivity contribution in [2.24, 2.45) is 0 Å². The fraction of sp³-hybridized carbons (Fsp3) is 0.250. The number of aromatic hydroxyl groups is 1. The molecule has 2 aromatic rings. The van der Waals surface area contributed by atoms with E-state index in [2.05, 4.69) is 10.2 Å². The molecule has 3 N–H and O–H groups in total. The van der Waals surface area contributed by atoms with E-state index in [9.17, 15) is 9.90 Å². The topological polar surface area (TPSA) is 87.3 Å². The molecule has 0 aliphatic rings. The van der Waals surface area contributed by atoms with E-state index in [-0.39, 0.29) is 11.4 Å². The van der Waals surface area contributed by atoms with Crippen LogP contribution in [0.25, 0.3) is 11.1 Å². The number of benzene rings is 1. The van der Waals surface area contributed by atoms with Gasteiger partial charge in [-0.15, -0.1) is 0 Å². The molecular weight excluding hydrogens is 236 g/mol. The van der Waals surface area contributed by atoms with Gasteiger partial charge in [0.25, 0.3) is 5.56 Å². The maximum absolute atomic E-state index is 11.6. The maximum Gasteiger partial charge on any atom is 0.275 e. The molecule has 0 radical (unpaired) electrons. The van der Waals surface area contributed by atoms with E-state index in [0.29, 0.717) is 17.1 Å². The predicted octanol–water partition coefficient (Wildman–Crippen LogP) is 1.40. The van der Waals surface area contributed by atoms with Crippen LogP contribution in [-0.4, -0.2) is 29.5 Å². The summed E-state index contributed by atoms with van der Waals surface area (Å²) in [6.07, 6.45) is 0. The lowest BCUT2D eigenvalue weighted by molar-refractivity contribution is 0.401. The molecule has 0 saturated carbocycles. The first kappa shape index (κ1) is 12.1. The molecule has 0 spiro atoms. The van der Waals surface area contributed by atoms with Crippen molar-refractivity contribution in [1.82, 2.24) is 10.2 Å². The Hall–Kier alpha value is -2.37. The molecule has 0 bridgehead atoms. The molecule has 0 fully saturated rings. The van der Waals surface area contributed by atoms with Gasteiger partial charge in [0.2, 0.25) is 5.88 Å². The minimum atomic E-state index is -0.420. The van der Waals surface area contributed by atoms with Crippen molar-refractivity contribution < 1.29 is 14.6 Å². The van der Waals surface area contributed by atoms with Gasteiger partial charge in [-0.3, -0.25) is 15.0 Å². The van der Waals surface area contributed by atoms with Crippen molar-refractivity contribution in [2.75, 3.05) is 14.2 Å². The molecule has 1 aromatic heterocycles. The predicted molar refractivity (Wildman–Crippen MR) is 66.4 cm³/mol. The van der Waals surface area contributed by atoms with E-state index in [4.69, 9.17) is 9.47 Å². The number of aromatic nitrogens is 2. The molecule has 0 saturated heterocycles. The van der Waals surface area contributed by atoms with Crippen LogP contribution in [0.4, 0.5) is 0 Å². The second-order valence-corrected chi connectivity index (χ2v) is 3.82. The van der Waals surface area contributed by atoms with Crippen LogP contribution in [0.15, 0.2) is 16.9 Å². The van der Waals surface area contributed by atoms with Crippen LogP contribution < -0.4 is 15.0 Å². The van der Waals surface area contributed by atoms with E-state index in [1.165, 1.54) is 7.11 Å². The first-order valence-corrected chi connectivity index (χ1v) is 5.31. The molecule has 6 nitrogen and oxygen atoms in total. The lowest BCUT2D eigenvalue weighted by Crippen LogP contribution is -2.03. The highest BCUT2D eigenvalue weighted by Gasteiger charge is 2.18. The minimum Gasteiger partial charge on any atom is -0.496 e. The van der Waals surface area contributed by atoms with Gasteiger partial charge in [-0.25, -0.2) is 0 Å². The summed E-state index contributed by atoms with van der Waals surface area (Å²) < 4.78 is 10.4. The van der Waals surface area contributed by atoms with Crippen LogP contribution >= 0.6 is 0 Å². The van der Waals surface area contributed by atoms with Crippen molar-refractivity contribution in [3.63, 3.8) is 0 Å². The molecule has 6 heteroatoms. The number of hydrogen-bond donors (Lipinski definition) is 3. The zero-order chi connectivity index (χ0) is 13.3. The second-order valence-electron chi connectivity index (χ2n) is 3.82. The Bertz CT molecular complexity index is 627. The van der Waals surface area contributed by atoms with Crippen LogP contribution in [0.2, 0.25) is 0 Å². The summed E-state index contributed by atoms with van der Waals surface area (Å²) in [6.45, 7) is 1.87. The third kappa shape index (κ3) is 1.81. The van der Waals surface area contributed by atoms with Crippen LogP contribution in [0.1, 0.15) is 5.56 Å². The van der Waals surface area contributed by atoms with E-state index in [1.54, 1.807) is 19.2 Å². The molecular formula is C12H14N2O4. The summed E-state index contributed by atoms with van der Waals surface area (Å²) in [6, 6.07) is 3.41. The number of ether oxygens (including phenoxy) is 2. The summed E-state index contributed by atoms with van der Waals surface area (Å²) in [5, 5.41) is 14.3. The number of nitrogens with one attached hydrogen (secondary N) is 2. The highest BCUT2D eigenvalue weighted by atomic mass is 16.5. The first-order chi connectivity index (χ1) is 8.58. The smallest absolute Gasteiger partial charge is 0.275 e. The number of rotatable bonds is 3. The van der Waals surface area contributed by atoms with E-state index in [0.717, 1.165) is 5.56 Å². The average Bonchev–Trinajstić information content (AvgIpc) is 2.69. The molecule has 0 atom stereocenters. The molecule has 0 amide bonds. The van der Waals surface area contributed by atoms with E-state index >= 15 is 0 Å². The van der Waals surface area contributed by atoms with Crippen LogP contribution in [0.5, 0.6) is 17.4 Å². The fourth-order valence-corrected chi connectivity index (χ4v) is 1.84. The average molecular weight is 250 g/mol. The number of methoxy groups -OCH3 is 2. The molecule has 0 aliphatic heterocycles. The number of H-pyrrole nitrogens is 2. The Balaban J connectivity index is 2.73.